The molecule has 0 aliphatic heterocycles. The van der Waals surface area contributed by atoms with Crippen LogP contribution in [0.1, 0.15) is 40.6 Å². The summed E-state index contributed by atoms with van der Waals surface area (Å²) in [5.74, 6) is -0.793. The number of anilines is 2. The van der Waals surface area contributed by atoms with E-state index in [9.17, 15) is 18.8 Å². The van der Waals surface area contributed by atoms with E-state index >= 15 is 0 Å². The number of aromatic nitrogens is 2. The minimum absolute atomic E-state index is 0.208. The SMILES string of the molecule is Cc1c(C(=O)Nc2ccc(F)cc2)sc2ncn(CC(=O)Nc3ccc(C(C)C)cc3)c(=O)c12. The fraction of sp³-hybridized carbons (Fsp3) is 0.200. The molecule has 9 heteroatoms. The Morgan fingerprint density at radius 3 is 2.29 bits per heavy atom. The molecule has 2 heterocycles. The molecule has 4 rings (SSSR count). The molecule has 2 amide bonds. The number of carbonyl (C=O) groups is 2. The third-order valence-electron chi connectivity index (χ3n) is 5.40. The van der Waals surface area contributed by atoms with Gasteiger partial charge in [-0.1, -0.05) is 26.0 Å². The Labute approximate surface area is 199 Å². The number of nitrogens with zero attached hydrogens (tertiary/aromatic N) is 2. The summed E-state index contributed by atoms with van der Waals surface area (Å²) in [4.78, 5) is 43.4. The molecule has 0 aliphatic carbocycles. The molecule has 0 bridgehead atoms. The number of fused-ring (bicyclic) bond motifs is 1. The predicted molar refractivity (Wildman–Crippen MR) is 132 cm³/mol. The molecule has 174 valence electrons. The zero-order valence-electron chi connectivity index (χ0n) is 18.9. The Balaban J connectivity index is 1.53. The van der Waals surface area contributed by atoms with E-state index in [1.807, 2.05) is 24.3 Å². The number of thiophene rings is 1. The third kappa shape index (κ3) is 4.89. The van der Waals surface area contributed by atoms with Crippen molar-refractivity contribution in [1.29, 1.82) is 0 Å². The second-order valence-corrected chi connectivity index (χ2v) is 9.20. The van der Waals surface area contributed by atoms with Crippen LogP contribution in [-0.4, -0.2) is 21.4 Å². The van der Waals surface area contributed by atoms with Crippen molar-refractivity contribution in [3.05, 3.63) is 87.0 Å². The van der Waals surface area contributed by atoms with E-state index in [1.54, 1.807) is 6.92 Å². The van der Waals surface area contributed by atoms with Gasteiger partial charge < -0.3 is 10.6 Å². The molecule has 2 aromatic heterocycles. The highest BCUT2D eigenvalue weighted by molar-refractivity contribution is 7.20. The normalized spacial score (nSPS) is 11.1. The second kappa shape index (κ2) is 9.56. The summed E-state index contributed by atoms with van der Waals surface area (Å²) in [5.41, 5.74) is 2.33. The number of benzene rings is 2. The minimum atomic E-state index is -0.416. The van der Waals surface area contributed by atoms with Gasteiger partial charge in [0.2, 0.25) is 5.91 Å². The monoisotopic (exact) mass is 478 g/mol. The molecule has 0 saturated heterocycles. The van der Waals surface area contributed by atoms with Gasteiger partial charge in [-0.2, -0.15) is 0 Å². The van der Waals surface area contributed by atoms with E-state index in [2.05, 4.69) is 29.5 Å². The summed E-state index contributed by atoms with van der Waals surface area (Å²) >= 11 is 1.09. The molecule has 4 aromatic rings. The van der Waals surface area contributed by atoms with Gasteiger partial charge >= 0.3 is 0 Å². The molecular formula is C25H23FN4O3S. The van der Waals surface area contributed by atoms with Crippen LogP contribution in [0.15, 0.2) is 59.7 Å². The van der Waals surface area contributed by atoms with Crippen LogP contribution < -0.4 is 16.2 Å². The lowest BCUT2D eigenvalue weighted by molar-refractivity contribution is -0.116. The molecule has 0 radical (unpaired) electrons. The standard InChI is InChI=1S/C25H23FN4O3S/c1-14(2)16-4-8-18(9-5-16)28-20(31)12-30-13-27-24-21(25(30)33)15(3)22(34-24)23(32)29-19-10-6-17(26)7-11-19/h4-11,13-14H,12H2,1-3H3,(H,28,31)(H,29,32). The van der Waals surface area contributed by atoms with Crippen molar-refractivity contribution in [2.75, 3.05) is 10.6 Å². The molecule has 0 saturated carbocycles. The Kier molecular flexibility index (Phi) is 6.56. The van der Waals surface area contributed by atoms with Crippen molar-refractivity contribution in [2.45, 2.75) is 33.2 Å². The zero-order valence-corrected chi connectivity index (χ0v) is 19.7. The van der Waals surface area contributed by atoms with Crippen LogP contribution in [0.2, 0.25) is 0 Å². The lowest BCUT2D eigenvalue weighted by Crippen LogP contribution is -2.28. The summed E-state index contributed by atoms with van der Waals surface area (Å²) in [6.45, 7) is 5.64. The van der Waals surface area contributed by atoms with Gasteiger partial charge in [-0.15, -0.1) is 11.3 Å². The first-order chi connectivity index (χ1) is 16.2. The zero-order chi connectivity index (χ0) is 24.4. The van der Waals surface area contributed by atoms with Crippen LogP contribution in [0.4, 0.5) is 15.8 Å². The van der Waals surface area contributed by atoms with Crippen LogP contribution >= 0.6 is 11.3 Å². The average Bonchev–Trinajstić information content (AvgIpc) is 3.15. The first-order valence-corrected chi connectivity index (χ1v) is 11.5. The molecule has 2 N–H and O–H groups in total. The highest BCUT2D eigenvalue weighted by atomic mass is 32.1. The van der Waals surface area contributed by atoms with Crippen LogP contribution in [0.5, 0.6) is 0 Å². The first-order valence-electron chi connectivity index (χ1n) is 10.7. The number of rotatable bonds is 6. The molecule has 0 aliphatic rings. The lowest BCUT2D eigenvalue weighted by Gasteiger charge is -2.09. The van der Waals surface area contributed by atoms with Gasteiger partial charge in [0.1, 0.15) is 17.2 Å². The summed E-state index contributed by atoms with van der Waals surface area (Å²) in [6, 6.07) is 13.0. The van der Waals surface area contributed by atoms with Gasteiger partial charge in [0.15, 0.2) is 0 Å². The van der Waals surface area contributed by atoms with E-state index in [0.717, 1.165) is 16.9 Å². The number of nitrogens with one attached hydrogen (secondary N) is 2. The fourth-order valence-electron chi connectivity index (χ4n) is 3.52. The van der Waals surface area contributed by atoms with Gasteiger partial charge in [-0.3, -0.25) is 19.0 Å². The second-order valence-electron chi connectivity index (χ2n) is 8.20. The molecule has 0 unspecified atom stereocenters. The number of halogens is 1. The molecule has 0 spiro atoms. The maximum Gasteiger partial charge on any atom is 0.266 e. The smallest absolute Gasteiger partial charge is 0.266 e. The van der Waals surface area contributed by atoms with Gasteiger partial charge in [0.05, 0.1) is 16.6 Å². The van der Waals surface area contributed by atoms with E-state index < -0.39 is 17.3 Å². The number of carbonyl (C=O) groups excluding carboxylic acids is 2. The maximum absolute atomic E-state index is 13.1. The van der Waals surface area contributed by atoms with Crippen LogP contribution in [0, 0.1) is 12.7 Å². The molecule has 0 fully saturated rings. The molecule has 2 aromatic carbocycles. The topological polar surface area (TPSA) is 93.1 Å². The van der Waals surface area contributed by atoms with Gasteiger partial charge in [0, 0.05) is 11.4 Å². The molecule has 7 nitrogen and oxygen atoms in total. The lowest BCUT2D eigenvalue weighted by atomic mass is 10.0. The van der Waals surface area contributed by atoms with Crippen molar-refractivity contribution < 1.29 is 14.0 Å². The van der Waals surface area contributed by atoms with E-state index in [4.69, 9.17) is 0 Å². The van der Waals surface area contributed by atoms with Gasteiger partial charge in [-0.05, 0) is 60.4 Å². The number of aryl methyl sites for hydroxylation is 1. The fourth-order valence-corrected chi connectivity index (χ4v) is 4.55. The summed E-state index contributed by atoms with van der Waals surface area (Å²) < 4.78 is 14.3. The van der Waals surface area contributed by atoms with E-state index in [-0.39, 0.29) is 12.5 Å². The van der Waals surface area contributed by atoms with Gasteiger partial charge in [0.25, 0.3) is 11.5 Å². The maximum atomic E-state index is 13.1. The Bertz CT molecular complexity index is 1420. The third-order valence-corrected chi connectivity index (χ3v) is 6.60. The quantitative estimate of drug-likeness (QED) is 0.411. The van der Waals surface area contributed by atoms with Crippen LogP contribution in [0.3, 0.4) is 0 Å². The Morgan fingerprint density at radius 1 is 1.03 bits per heavy atom. The predicted octanol–water partition coefficient (Wildman–Crippen LogP) is 4.92. The number of hydrogen-bond acceptors (Lipinski definition) is 5. The Hall–Kier alpha value is -3.85. The first kappa shape index (κ1) is 23.3. The summed E-state index contributed by atoms with van der Waals surface area (Å²) in [6.07, 6.45) is 1.31. The number of hydrogen-bond donors (Lipinski definition) is 2. The van der Waals surface area contributed by atoms with Crippen molar-refractivity contribution >= 4 is 44.7 Å². The summed E-state index contributed by atoms with van der Waals surface area (Å²) in [7, 11) is 0. The molecule has 0 atom stereocenters. The highest BCUT2D eigenvalue weighted by Gasteiger charge is 2.20. The van der Waals surface area contributed by atoms with Gasteiger partial charge in [-0.25, -0.2) is 9.37 Å². The largest absolute Gasteiger partial charge is 0.325 e. The summed E-state index contributed by atoms with van der Waals surface area (Å²) in [5, 5.41) is 5.78. The van der Waals surface area contributed by atoms with Crippen molar-refractivity contribution in [2.24, 2.45) is 0 Å². The molecular weight excluding hydrogens is 455 g/mol. The van der Waals surface area contributed by atoms with E-state index in [1.165, 1.54) is 35.2 Å². The van der Waals surface area contributed by atoms with Crippen molar-refractivity contribution in [1.82, 2.24) is 9.55 Å². The van der Waals surface area contributed by atoms with E-state index in [0.29, 0.717) is 37.9 Å². The average molecular weight is 479 g/mol. The Morgan fingerprint density at radius 2 is 1.65 bits per heavy atom. The van der Waals surface area contributed by atoms with Crippen LogP contribution in [0.25, 0.3) is 10.2 Å². The van der Waals surface area contributed by atoms with Crippen LogP contribution in [-0.2, 0) is 11.3 Å². The minimum Gasteiger partial charge on any atom is -0.325 e. The van der Waals surface area contributed by atoms with Crippen molar-refractivity contribution in [3.63, 3.8) is 0 Å². The molecule has 34 heavy (non-hydrogen) atoms. The van der Waals surface area contributed by atoms with Crippen molar-refractivity contribution in [3.8, 4) is 0 Å². The highest BCUT2D eigenvalue weighted by Crippen LogP contribution is 2.27. The number of amides is 2.